The Morgan fingerprint density at radius 1 is 1.36 bits per heavy atom. The van der Waals surface area contributed by atoms with Gasteiger partial charge in [0.1, 0.15) is 0 Å². The predicted molar refractivity (Wildman–Crippen MR) is 44.2 cm³/mol. The van der Waals surface area contributed by atoms with Crippen molar-refractivity contribution in [2.24, 2.45) is 5.73 Å². The number of unbranched alkanes of at least 4 members (excludes halogenated alkanes) is 2. The molecule has 0 aromatic rings. The van der Waals surface area contributed by atoms with Gasteiger partial charge in [0.15, 0.2) is 0 Å². The largest absolute Gasteiger partial charge is 0.466 e. The molecule has 0 rings (SSSR count). The topological polar surface area (TPSA) is 52.3 Å². The third-order valence-corrected chi connectivity index (χ3v) is 1.40. The molecule has 0 bridgehead atoms. The molecule has 0 aromatic heterocycles. The van der Waals surface area contributed by atoms with E-state index < -0.39 is 0 Å². The lowest BCUT2D eigenvalue weighted by Gasteiger charge is -2.01. The van der Waals surface area contributed by atoms with Crippen molar-refractivity contribution in [2.45, 2.75) is 32.6 Å². The van der Waals surface area contributed by atoms with Gasteiger partial charge in [0, 0.05) is 6.42 Å². The summed E-state index contributed by atoms with van der Waals surface area (Å²) >= 11 is 0. The minimum Gasteiger partial charge on any atom is -0.466 e. The van der Waals surface area contributed by atoms with Gasteiger partial charge in [-0.3, -0.25) is 4.79 Å². The van der Waals surface area contributed by atoms with Gasteiger partial charge in [-0.25, -0.2) is 0 Å². The van der Waals surface area contributed by atoms with E-state index in [0.717, 1.165) is 25.8 Å². The Balaban J connectivity index is 2.95. The molecule has 0 spiro atoms. The van der Waals surface area contributed by atoms with E-state index >= 15 is 0 Å². The van der Waals surface area contributed by atoms with E-state index in [4.69, 9.17) is 10.5 Å². The fourth-order valence-corrected chi connectivity index (χ4v) is 0.711. The molecule has 11 heavy (non-hydrogen) atoms. The first-order chi connectivity index (χ1) is 5.31. The van der Waals surface area contributed by atoms with E-state index in [1.807, 2.05) is 0 Å². The third kappa shape index (κ3) is 7.33. The van der Waals surface area contributed by atoms with Crippen LogP contribution in [-0.4, -0.2) is 19.1 Å². The zero-order valence-electron chi connectivity index (χ0n) is 7.14. The fourth-order valence-electron chi connectivity index (χ4n) is 0.711. The summed E-state index contributed by atoms with van der Waals surface area (Å²) in [5.41, 5.74) is 5.29. The number of ether oxygens (including phenoxy) is 1. The normalized spacial score (nSPS) is 9.64. The highest BCUT2D eigenvalue weighted by Crippen LogP contribution is 1.95. The SMILES string of the molecule is CCC(=O)OCCCCCN. The van der Waals surface area contributed by atoms with Gasteiger partial charge in [0.25, 0.3) is 0 Å². The van der Waals surface area contributed by atoms with Gasteiger partial charge in [-0.05, 0) is 25.8 Å². The average molecular weight is 159 g/mol. The zero-order chi connectivity index (χ0) is 8.53. The molecular formula is C8H17NO2. The van der Waals surface area contributed by atoms with E-state index in [9.17, 15) is 4.79 Å². The van der Waals surface area contributed by atoms with Crippen LogP contribution in [0.4, 0.5) is 0 Å². The van der Waals surface area contributed by atoms with Crippen molar-refractivity contribution in [2.75, 3.05) is 13.2 Å². The molecule has 0 aliphatic rings. The summed E-state index contributed by atoms with van der Waals surface area (Å²) in [6.07, 6.45) is 3.47. The molecule has 66 valence electrons. The van der Waals surface area contributed by atoms with E-state index in [1.165, 1.54) is 0 Å². The molecule has 0 amide bonds. The second-order valence-electron chi connectivity index (χ2n) is 2.42. The molecule has 3 heteroatoms. The third-order valence-electron chi connectivity index (χ3n) is 1.40. The molecule has 0 aliphatic carbocycles. The highest BCUT2D eigenvalue weighted by atomic mass is 16.5. The average Bonchev–Trinajstić information content (AvgIpc) is 2.04. The van der Waals surface area contributed by atoms with Crippen LogP contribution in [0.2, 0.25) is 0 Å². The summed E-state index contributed by atoms with van der Waals surface area (Å²) in [5.74, 6) is -0.113. The van der Waals surface area contributed by atoms with Crippen LogP contribution >= 0.6 is 0 Å². The van der Waals surface area contributed by atoms with Crippen LogP contribution < -0.4 is 5.73 Å². The molecule has 0 unspecified atom stereocenters. The van der Waals surface area contributed by atoms with Gasteiger partial charge >= 0.3 is 5.97 Å². The van der Waals surface area contributed by atoms with Crippen molar-refractivity contribution in [3.8, 4) is 0 Å². The first kappa shape index (κ1) is 10.4. The van der Waals surface area contributed by atoms with E-state index in [2.05, 4.69) is 0 Å². The minimum absolute atomic E-state index is 0.113. The lowest BCUT2D eigenvalue weighted by atomic mass is 10.2. The van der Waals surface area contributed by atoms with Crippen molar-refractivity contribution in [1.82, 2.24) is 0 Å². The molecule has 0 saturated heterocycles. The minimum atomic E-state index is -0.113. The Hall–Kier alpha value is -0.570. The van der Waals surface area contributed by atoms with E-state index in [-0.39, 0.29) is 5.97 Å². The highest BCUT2D eigenvalue weighted by Gasteiger charge is 1.96. The van der Waals surface area contributed by atoms with Gasteiger partial charge in [0.2, 0.25) is 0 Å². The van der Waals surface area contributed by atoms with E-state index in [1.54, 1.807) is 6.92 Å². The smallest absolute Gasteiger partial charge is 0.305 e. The standard InChI is InChI=1S/C8H17NO2/c1-2-8(10)11-7-5-3-4-6-9/h2-7,9H2,1H3. The molecule has 0 fully saturated rings. The van der Waals surface area contributed by atoms with Crippen molar-refractivity contribution in [3.05, 3.63) is 0 Å². The summed E-state index contributed by atoms with van der Waals surface area (Å²) in [7, 11) is 0. The second kappa shape index (κ2) is 7.54. The second-order valence-corrected chi connectivity index (χ2v) is 2.42. The van der Waals surface area contributed by atoms with Crippen LogP contribution in [0.15, 0.2) is 0 Å². The molecule has 0 atom stereocenters. The van der Waals surface area contributed by atoms with Crippen LogP contribution in [-0.2, 0) is 9.53 Å². The molecule has 0 saturated carbocycles. The van der Waals surface area contributed by atoms with Gasteiger partial charge in [-0.1, -0.05) is 6.92 Å². The quantitative estimate of drug-likeness (QED) is 0.466. The zero-order valence-corrected chi connectivity index (χ0v) is 7.14. The van der Waals surface area contributed by atoms with Crippen LogP contribution in [0.3, 0.4) is 0 Å². The number of hydrogen-bond acceptors (Lipinski definition) is 3. The summed E-state index contributed by atoms with van der Waals surface area (Å²) in [5, 5.41) is 0. The van der Waals surface area contributed by atoms with Crippen LogP contribution in [0.25, 0.3) is 0 Å². The van der Waals surface area contributed by atoms with Crippen molar-refractivity contribution < 1.29 is 9.53 Å². The molecule has 3 nitrogen and oxygen atoms in total. The maximum absolute atomic E-state index is 10.6. The van der Waals surface area contributed by atoms with Gasteiger partial charge in [-0.15, -0.1) is 0 Å². The highest BCUT2D eigenvalue weighted by molar-refractivity contribution is 5.68. The number of esters is 1. The Bertz CT molecular complexity index is 104. The van der Waals surface area contributed by atoms with Crippen molar-refractivity contribution >= 4 is 5.97 Å². The lowest BCUT2D eigenvalue weighted by molar-refractivity contribution is -0.143. The van der Waals surface area contributed by atoms with Crippen molar-refractivity contribution in [3.63, 3.8) is 0 Å². The fraction of sp³-hybridized carbons (Fsp3) is 0.875. The lowest BCUT2D eigenvalue weighted by Crippen LogP contribution is -2.04. The first-order valence-corrected chi connectivity index (χ1v) is 4.17. The van der Waals surface area contributed by atoms with Gasteiger partial charge in [0.05, 0.1) is 6.61 Å². The van der Waals surface area contributed by atoms with Crippen molar-refractivity contribution in [1.29, 1.82) is 0 Å². The Kier molecular flexibility index (Phi) is 7.15. The van der Waals surface area contributed by atoms with Crippen LogP contribution in [0.5, 0.6) is 0 Å². The molecule has 2 N–H and O–H groups in total. The van der Waals surface area contributed by atoms with Crippen LogP contribution in [0, 0.1) is 0 Å². The summed E-state index contributed by atoms with van der Waals surface area (Å²) < 4.78 is 4.86. The number of carbonyl (C=O) groups excluding carboxylic acids is 1. The van der Waals surface area contributed by atoms with Crippen LogP contribution in [0.1, 0.15) is 32.6 Å². The molecular weight excluding hydrogens is 142 g/mol. The molecule has 0 radical (unpaired) electrons. The molecule has 0 heterocycles. The summed E-state index contributed by atoms with van der Waals surface area (Å²) in [6, 6.07) is 0. The summed E-state index contributed by atoms with van der Waals surface area (Å²) in [6.45, 7) is 3.07. The Morgan fingerprint density at radius 2 is 2.09 bits per heavy atom. The maximum Gasteiger partial charge on any atom is 0.305 e. The first-order valence-electron chi connectivity index (χ1n) is 4.17. The molecule has 0 aliphatic heterocycles. The molecule has 0 aromatic carbocycles. The number of rotatable bonds is 6. The monoisotopic (exact) mass is 159 g/mol. The van der Waals surface area contributed by atoms with Gasteiger partial charge in [-0.2, -0.15) is 0 Å². The maximum atomic E-state index is 10.6. The van der Waals surface area contributed by atoms with Gasteiger partial charge < -0.3 is 10.5 Å². The predicted octanol–water partition coefficient (Wildman–Crippen LogP) is 1.07. The summed E-state index contributed by atoms with van der Waals surface area (Å²) in [4.78, 5) is 10.6. The number of hydrogen-bond donors (Lipinski definition) is 1. The number of nitrogens with two attached hydrogens (primary N) is 1. The Labute approximate surface area is 67.9 Å². The Morgan fingerprint density at radius 3 is 2.64 bits per heavy atom. The van der Waals surface area contributed by atoms with E-state index in [0.29, 0.717) is 13.0 Å². The number of carbonyl (C=O) groups is 1.